The van der Waals surface area contributed by atoms with Gasteiger partial charge in [-0.15, -0.1) is 0 Å². The fourth-order valence-corrected chi connectivity index (χ4v) is 3.74. The van der Waals surface area contributed by atoms with Gasteiger partial charge >= 0.3 is 0 Å². The molecule has 1 atom stereocenters. The fourth-order valence-electron chi connectivity index (χ4n) is 3.74. The molecule has 0 aliphatic carbocycles. The summed E-state index contributed by atoms with van der Waals surface area (Å²) < 4.78 is 0. The summed E-state index contributed by atoms with van der Waals surface area (Å²) in [5.74, 6) is -0.352. The molecule has 0 aromatic heterocycles. The number of fused-ring (bicyclic) bond motifs is 1. The Morgan fingerprint density at radius 1 is 1.12 bits per heavy atom. The lowest BCUT2D eigenvalue weighted by atomic mass is 9.95. The second-order valence-corrected chi connectivity index (χ2v) is 7.04. The number of imide groups is 1. The number of hydrogen-bond donors (Lipinski definition) is 0. The van der Waals surface area contributed by atoms with Crippen LogP contribution >= 0.6 is 0 Å². The summed E-state index contributed by atoms with van der Waals surface area (Å²) in [6.45, 7) is 0.978. The van der Waals surface area contributed by atoms with Crippen LogP contribution in [0.1, 0.15) is 31.2 Å². The molecule has 1 aromatic rings. The minimum absolute atomic E-state index is 0.0218. The number of nitrogens with zero attached hydrogens (tertiary/aromatic N) is 3. The van der Waals surface area contributed by atoms with Crippen LogP contribution in [0.25, 0.3) is 0 Å². The van der Waals surface area contributed by atoms with Gasteiger partial charge in [0.15, 0.2) is 0 Å². The smallest absolute Gasteiger partial charge is 0.229 e. The van der Waals surface area contributed by atoms with Crippen LogP contribution in [0, 0.1) is 0 Å². The van der Waals surface area contributed by atoms with E-state index in [4.69, 9.17) is 0 Å². The zero-order chi connectivity index (χ0) is 18.0. The topological polar surface area (TPSA) is 60.9 Å². The third kappa shape index (κ3) is 3.74. The molecular formula is C19H25N3O3. The Hall–Kier alpha value is -2.21. The van der Waals surface area contributed by atoms with Crippen molar-refractivity contribution < 1.29 is 14.4 Å². The highest BCUT2D eigenvalue weighted by Gasteiger charge is 2.33. The van der Waals surface area contributed by atoms with E-state index in [1.54, 1.807) is 0 Å². The van der Waals surface area contributed by atoms with E-state index in [2.05, 4.69) is 11.0 Å². The molecule has 2 aliphatic heterocycles. The van der Waals surface area contributed by atoms with Crippen molar-refractivity contribution in [1.82, 2.24) is 9.80 Å². The Balaban J connectivity index is 1.77. The van der Waals surface area contributed by atoms with Gasteiger partial charge in [0.1, 0.15) is 0 Å². The Bertz CT molecular complexity index is 670. The number of carbonyl (C=O) groups excluding carboxylic acids is 3. The Morgan fingerprint density at radius 3 is 2.48 bits per heavy atom. The maximum atomic E-state index is 13.0. The van der Waals surface area contributed by atoms with Crippen molar-refractivity contribution in [2.75, 3.05) is 32.1 Å². The van der Waals surface area contributed by atoms with Gasteiger partial charge in [0.2, 0.25) is 17.7 Å². The number of anilines is 1. The lowest BCUT2D eigenvalue weighted by Crippen LogP contribution is -2.49. The van der Waals surface area contributed by atoms with Gasteiger partial charge in [0.25, 0.3) is 0 Å². The van der Waals surface area contributed by atoms with Gasteiger partial charge in [-0.1, -0.05) is 18.2 Å². The number of amides is 3. The average Bonchev–Trinajstić information content (AvgIpc) is 2.90. The minimum atomic E-state index is -0.165. The number of benzene rings is 1. The number of likely N-dealkylation sites (N-methyl/N-ethyl adjacent to an activating group) is 1. The number of hydrogen-bond acceptors (Lipinski definition) is 4. The second-order valence-electron chi connectivity index (χ2n) is 7.04. The Labute approximate surface area is 148 Å². The normalized spacial score (nSPS) is 20.4. The first-order valence-corrected chi connectivity index (χ1v) is 8.85. The van der Waals surface area contributed by atoms with Crippen LogP contribution in [0.5, 0.6) is 0 Å². The molecule has 2 aliphatic rings. The van der Waals surface area contributed by atoms with Gasteiger partial charge in [0.05, 0.1) is 0 Å². The van der Waals surface area contributed by atoms with E-state index in [1.165, 1.54) is 10.5 Å². The van der Waals surface area contributed by atoms with Crippen LogP contribution < -0.4 is 4.90 Å². The molecule has 25 heavy (non-hydrogen) atoms. The summed E-state index contributed by atoms with van der Waals surface area (Å²) in [4.78, 5) is 41.7. The van der Waals surface area contributed by atoms with Crippen LogP contribution in [-0.2, 0) is 20.8 Å². The summed E-state index contributed by atoms with van der Waals surface area (Å²) in [7, 11) is 4.01. The van der Waals surface area contributed by atoms with Gasteiger partial charge < -0.3 is 9.80 Å². The molecule has 1 saturated heterocycles. The fraction of sp³-hybridized carbons (Fsp3) is 0.526. The molecule has 1 aromatic carbocycles. The molecule has 0 radical (unpaired) electrons. The first kappa shape index (κ1) is 17.6. The van der Waals surface area contributed by atoms with Crippen molar-refractivity contribution in [2.24, 2.45) is 0 Å². The number of carbonyl (C=O) groups is 3. The SMILES string of the molecule is CN(C)CC1CCc2ccccc2N1C(=O)CCN1C(=O)CCC1=O. The molecule has 0 spiro atoms. The van der Waals surface area contributed by atoms with Crippen LogP contribution in [-0.4, -0.2) is 60.7 Å². The highest BCUT2D eigenvalue weighted by atomic mass is 16.2. The Morgan fingerprint density at radius 2 is 1.80 bits per heavy atom. The summed E-state index contributed by atoms with van der Waals surface area (Å²) in [5.41, 5.74) is 2.14. The number of likely N-dealkylation sites (tertiary alicyclic amines) is 1. The van der Waals surface area contributed by atoms with Crippen LogP contribution in [0.15, 0.2) is 24.3 Å². The van der Waals surface area contributed by atoms with E-state index in [0.717, 1.165) is 25.1 Å². The van der Waals surface area contributed by atoms with Crippen molar-refractivity contribution in [1.29, 1.82) is 0 Å². The molecule has 6 nitrogen and oxygen atoms in total. The van der Waals surface area contributed by atoms with E-state index in [1.807, 2.05) is 37.2 Å². The molecule has 0 N–H and O–H groups in total. The molecule has 0 saturated carbocycles. The van der Waals surface area contributed by atoms with Crippen LogP contribution in [0.4, 0.5) is 5.69 Å². The largest absolute Gasteiger partial charge is 0.308 e. The summed E-state index contributed by atoms with van der Waals surface area (Å²) >= 11 is 0. The summed E-state index contributed by atoms with van der Waals surface area (Å²) in [6, 6.07) is 8.11. The minimum Gasteiger partial charge on any atom is -0.308 e. The predicted octanol–water partition coefficient (Wildman–Crippen LogP) is 1.44. The van der Waals surface area contributed by atoms with Gasteiger partial charge in [-0.05, 0) is 38.6 Å². The Kier molecular flexibility index (Phi) is 5.18. The maximum absolute atomic E-state index is 13.0. The van der Waals surface area contributed by atoms with E-state index >= 15 is 0 Å². The number of para-hydroxylation sites is 1. The quantitative estimate of drug-likeness (QED) is 0.759. The van der Waals surface area contributed by atoms with Crippen molar-refractivity contribution in [2.45, 2.75) is 38.1 Å². The average molecular weight is 343 g/mol. The summed E-state index contributed by atoms with van der Waals surface area (Å²) in [5, 5.41) is 0. The van der Waals surface area contributed by atoms with Crippen molar-refractivity contribution >= 4 is 23.4 Å². The molecule has 1 unspecified atom stereocenters. The molecule has 0 bridgehead atoms. The standard InChI is InChI=1S/C19H25N3O3/c1-20(2)13-15-8-7-14-5-3-4-6-16(14)22(15)19(25)11-12-21-17(23)9-10-18(21)24/h3-6,15H,7-13H2,1-2H3. The molecule has 134 valence electrons. The van der Waals surface area contributed by atoms with Crippen LogP contribution in [0.3, 0.4) is 0 Å². The van der Waals surface area contributed by atoms with Crippen LogP contribution in [0.2, 0.25) is 0 Å². The molecule has 3 rings (SSSR count). The number of rotatable bonds is 5. The second kappa shape index (κ2) is 7.35. The first-order chi connectivity index (χ1) is 12.0. The zero-order valence-electron chi connectivity index (χ0n) is 14.9. The maximum Gasteiger partial charge on any atom is 0.229 e. The molecule has 2 heterocycles. The highest BCUT2D eigenvalue weighted by molar-refractivity contribution is 6.02. The highest BCUT2D eigenvalue weighted by Crippen LogP contribution is 2.31. The molecule has 3 amide bonds. The molecular weight excluding hydrogens is 318 g/mol. The monoisotopic (exact) mass is 343 g/mol. The van der Waals surface area contributed by atoms with Crippen molar-refractivity contribution in [3.05, 3.63) is 29.8 Å². The van der Waals surface area contributed by atoms with Crippen molar-refractivity contribution in [3.8, 4) is 0 Å². The molecule has 6 heteroatoms. The third-order valence-electron chi connectivity index (χ3n) is 4.91. The van der Waals surface area contributed by atoms with Gasteiger partial charge in [0, 0.05) is 44.1 Å². The van der Waals surface area contributed by atoms with Gasteiger partial charge in [-0.2, -0.15) is 0 Å². The van der Waals surface area contributed by atoms with Crippen molar-refractivity contribution in [3.63, 3.8) is 0 Å². The van der Waals surface area contributed by atoms with Gasteiger partial charge in [-0.25, -0.2) is 0 Å². The van der Waals surface area contributed by atoms with E-state index < -0.39 is 0 Å². The van der Waals surface area contributed by atoms with E-state index in [0.29, 0.717) is 0 Å². The van der Waals surface area contributed by atoms with E-state index in [-0.39, 0.29) is 49.6 Å². The lowest BCUT2D eigenvalue weighted by molar-refractivity contribution is -0.138. The lowest BCUT2D eigenvalue weighted by Gasteiger charge is -2.39. The summed E-state index contributed by atoms with van der Waals surface area (Å²) in [6.07, 6.45) is 2.59. The number of aryl methyl sites for hydroxylation is 1. The van der Waals surface area contributed by atoms with Gasteiger partial charge in [-0.3, -0.25) is 19.3 Å². The first-order valence-electron chi connectivity index (χ1n) is 8.85. The van der Waals surface area contributed by atoms with E-state index in [9.17, 15) is 14.4 Å². The third-order valence-corrected chi connectivity index (χ3v) is 4.91. The molecule has 1 fully saturated rings. The predicted molar refractivity (Wildman–Crippen MR) is 95.2 cm³/mol. The zero-order valence-corrected chi connectivity index (χ0v) is 14.9.